The first-order chi connectivity index (χ1) is 7.95. The molecule has 6 nitrogen and oxygen atoms in total. The molecule has 96 valence electrons. The van der Waals surface area contributed by atoms with E-state index in [1.807, 2.05) is 13.8 Å². The Balaban J connectivity index is 3.93. The van der Waals surface area contributed by atoms with E-state index in [1.165, 1.54) is 0 Å². The summed E-state index contributed by atoms with van der Waals surface area (Å²) in [5.74, 6) is -1.51. The summed E-state index contributed by atoms with van der Waals surface area (Å²) in [7, 11) is 0. The third-order valence-corrected chi connectivity index (χ3v) is 1.36. The van der Waals surface area contributed by atoms with Crippen molar-refractivity contribution in [1.82, 2.24) is 0 Å². The molecule has 0 heterocycles. The highest BCUT2D eigenvalue weighted by atomic mass is 16.7. The van der Waals surface area contributed by atoms with Crippen LogP contribution in [0.1, 0.15) is 20.8 Å². The zero-order chi connectivity index (χ0) is 13.3. The Morgan fingerprint density at radius 1 is 1.06 bits per heavy atom. The molecule has 0 spiro atoms. The van der Waals surface area contributed by atoms with Crippen molar-refractivity contribution in [3.63, 3.8) is 0 Å². The molecule has 0 bridgehead atoms. The van der Waals surface area contributed by atoms with E-state index < -0.39 is 18.1 Å². The summed E-state index contributed by atoms with van der Waals surface area (Å²) < 4.78 is 13.4. The van der Waals surface area contributed by atoms with E-state index in [-0.39, 0.29) is 19.1 Å². The third-order valence-electron chi connectivity index (χ3n) is 1.36. The molecule has 0 aromatic rings. The van der Waals surface area contributed by atoms with Crippen molar-refractivity contribution in [1.29, 1.82) is 0 Å². The molecule has 0 saturated carbocycles. The molecule has 0 aromatic heterocycles. The number of hydrogen-bond acceptors (Lipinski definition) is 6. The van der Waals surface area contributed by atoms with Crippen LogP contribution in [0.4, 0.5) is 4.79 Å². The fraction of sp³-hybridized carbons (Fsp3) is 0.545. The van der Waals surface area contributed by atoms with Gasteiger partial charge in [-0.3, -0.25) is 0 Å². The molecule has 0 rings (SSSR count). The second-order valence-electron chi connectivity index (χ2n) is 3.46. The molecule has 0 amide bonds. The van der Waals surface area contributed by atoms with Gasteiger partial charge in [0.1, 0.15) is 0 Å². The first kappa shape index (κ1) is 15.2. The van der Waals surface area contributed by atoms with Crippen molar-refractivity contribution in [2.24, 2.45) is 5.92 Å². The molecular weight excluding hydrogens is 228 g/mol. The Kier molecular flexibility index (Phi) is 7.41. The Bertz CT molecular complexity index is 305. The van der Waals surface area contributed by atoms with Gasteiger partial charge in [0.25, 0.3) is 0 Å². The van der Waals surface area contributed by atoms with Gasteiger partial charge in [-0.1, -0.05) is 13.8 Å². The van der Waals surface area contributed by atoms with Crippen LogP contribution >= 0.6 is 0 Å². The predicted molar refractivity (Wildman–Crippen MR) is 58.1 cm³/mol. The predicted octanol–water partition coefficient (Wildman–Crippen LogP) is 1.44. The van der Waals surface area contributed by atoms with Crippen LogP contribution in [-0.4, -0.2) is 31.3 Å². The highest BCUT2D eigenvalue weighted by Crippen LogP contribution is 1.95. The van der Waals surface area contributed by atoms with Gasteiger partial charge >= 0.3 is 18.1 Å². The van der Waals surface area contributed by atoms with E-state index in [9.17, 15) is 14.4 Å². The van der Waals surface area contributed by atoms with Crippen LogP contribution in [-0.2, 0) is 23.8 Å². The Morgan fingerprint density at radius 3 is 2.18 bits per heavy atom. The minimum atomic E-state index is -1.09. The molecule has 0 saturated heterocycles. The van der Waals surface area contributed by atoms with Gasteiger partial charge < -0.3 is 14.2 Å². The second-order valence-corrected chi connectivity index (χ2v) is 3.46. The van der Waals surface area contributed by atoms with Gasteiger partial charge in [-0.15, -0.1) is 0 Å². The van der Waals surface area contributed by atoms with Crippen LogP contribution in [0.5, 0.6) is 0 Å². The fourth-order valence-corrected chi connectivity index (χ4v) is 0.707. The molecule has 0 aliphatic rings. The van der Waals surface area contributed by atoms with Crippen molar-refractivity contribution in [2.45, 2.75) is 20.8 Å². The van der Waals surface area contributed by atoms with Crippen molar-refractivity contribution < 1.29 is 28.6 Å². The van der Waals surface area contributed by atoms with Gasteiger partial charge in [0.2, 0.25) is 0 Å². The summed E-state index contributed by atoms with van der Waals surface area (Å²) in [6.45, 7) is 5.68. The molecule has 0 radical (unpaired) electrons. The molecule has 6 heteroatoms. The SMILES string of the molecule is CCOC(=O)/C=C/C(=O)OC(=O)OCC(C)C. The average Bonchev–Trinajstić information content (AvgIpc) is 2.24. The van der Waals surface area contributed by atoms with Gasteiger partial charge in [-0.05, 0) is 12.8 Å². The van der Waals surface area contributed by atoms with Gasteiger partial charge in [0.05, 0.1) is 13.2 Å². The summed E-state index contributed by atoms with van der Waals surface area (Å²) in [5.41, 5.74) is 0. The topological polar surface area (TPSA) is 78.9 Å². The van der Waals surface area contributed by atoms with E-state index in [2.05, 4.69) is 14.2 Å². The highest BCUT2D eigenvalue weighted by Gasteiger charge is 2.10. The summed E-state index contributed by atoms with van der Waals surface area (Å²) in [5, 5.41) is 0. The lowest BCUT2D eigenvalue weighted by Crippen LogP contribution is -2.15. The number of carbonyl (C=O) groups is 3. The molecule has 0 N–H and O–H groups in total. The summed E-state index contributed by atoms with van der Waals surface area (Å²) >= 11 is 0. The largest absolute Gasteiger partial charge is 0.516 e. The van der Waals surface area contributed by atoms with Crippen LogP contribution in [0.2, 0.25) is 0 Å². The number of esters is 2. The number of ether oxygens (including phenoxy) is 3. The number of hydrogen-bond donors (Lipinski definition) is 0. The normalized spacial score (nSPS) is 10.4. The van der Waals surface area contributed by atoms with Crippen LogP contribution in [0.15, 0.2) is 12.2 Å². The van der Waals surface area contributed by atoms with Gasteiger partial charge in [0.15, 0.2) is 0 Å². The van der Waals surface area contributed by atoms with E-state index in [0.29, 0.717) is 0 Å². The van der Waals surface area contributed by atoms with Crippen molar-refractivity contribution in [3.05, 3.63) is 12.2 Å². The molecule has 0 aromatic carbocycles. The highest BCUT2D eigenvalue weighted by molar-refractivity contribution is 5.95. The minimum absolute atomic E-state index is 0.146. The molecule has 0 unspecified atom stereocenters. The molecule has 17 heavy (non-hydrogen) atoms. The van der Waals surface area contributed by atoms with Crippen molar-refractivity contribution in [2.75, 3.05) is 13.2 Å². The Morgan fingerprint density at radius 2 is 1.65 bits per heavy atom. The smallest absolute Gasteiger partial charge is 0.463 e. The van der Waals surface area contributed by atoms with E-state index in [4.69, 9.17) is 0 Å². The lowest BCUT2D eigenvalue weighted by atomic mass is 10.2. The molecule has 0 aliphatic heterocycles. The maximum Gasteiger partial charge on any atom is 0.516 e. The van der Waals surface area contributed by atoms with Crippen LogP contribution in [0.25, 0.3) is 0 Å². The summed E-state index contributed by atoms with van der Waals surface area (Å²) in [6.07, 6.45) is 0.591. The number of carbonyl (C=O) groups excluding carboxylic acids is 3. The maximum atomic E-state index is 11.0. The number of rotatable bonds is 5. The van der Waals surface area contributed by atoms with E-state index in [1.54, 1.807) is 6.92 Å². The van der Waals surface area contributed by atoms with E-state index in [0.717, 1.165) is 12.2 Å². The zero-order valence-electron chi connectivity index (χ0n) is 10.1. The van der Waals surface area contributed by atoms with Crippen molar-refractivity contribution >= 4 is 18.1 Å². The first-order valence-electron chi connectivity index (χ1n) is 5.19. The second kappa shape index (κ2) is 8.32. The monoisotopic (exact) mass is 244 g/mol. The lowest BCUT2D eigenvalue weighted by molar-refractivity contribution is -0.139. The third kappa shape index (κ3) is 9.10. The van der Waals surface area contributed by atoms with E-state index >= 15 is 0 Å². The maximum absolute atomic E-state index is 11.0. The molecular formula is C11H16O6. The van der Waals surface area contributed by atoms with Crippen LogP contribution in [0, 0.1) is 5.92 Å². The van der Waals surface area contributed by atoms with Gasteiger partial charge in [-0.2, -0.15) is 0 Å². The standard InChI is InChI=1S/C11H16O6/c1-4-15-9(12)5-6-10(13)17-11(14)16-7-8(2)3/h5-6,8H,4,7H2,1-3H3/b6-5+. The lowest BCUT2D eigenvalue weighted by Gasteiger charge is -2.05. The summed E-state index contributed by atoms with van der Waals surface area (Å²) in [4.78, 5) is 32.7. The van der Waals surface area contributed by atoms with Crippen LogP contribution < -0.4 is 0 Å². The van der Waals surface area contributed by atoms with Gasteiger partial charge in [0, 0.05) is 12.2 Å². The Hall–Kier alpha value is -1.85. The average molecular weight is 244 g/mol. The molecule has 0 atom stereocenters. The molecule has 0 fully saturated rings. The van der Waals surface area contributed by atoms with Crippen molar-refractivity contribution in [3.8, 4) is 0 Å². The fourth-order valence-electron chi connectivity index (χ4n) is 0.707. The van der Waals surface area contributed by atoms with Crippen LogP contribution in [0.3, 0.4) is 0 Å². The quantitative estimate of drug-likeness (QED) is 0.413. The summed E-state index contributed by atoms with van der Waals surface area (Å²) in [6, 6.07) is 0. The first-order valence-corrected chi connectivity index (χ1v) is 5.19. The molecule has 0 aliphatic carbocycles. The Labute approximate surface area is 99.5 Å². The minimum Gasteiger partial charge on any atom is -0.463 e. The van der Waals surface area contributed by atoms with Gasteiger partial charge in [-0.25, -0.2) is 14.4 Å². The zero-order valence-corrected chi connectivity index (χ0v) is 10.1.